The van der Waals surface area contributed by atoms with Gasteiger partial charge in [0.15, 0.2) is 0 Å². The first-order chi connectivity index (χ1) is 6.99. The molecule has 80 valence electrons. The molecular weight excluding hydrogens is 191 g/mol. The first-order valence-electron chi connectivity index (χ1n) is 4.88. The van der Waals surface area contributed by atoms with Gasteiger partial charge in [0, 0.05) is 14.1 Å². The molecule has 0 saturated carbocycles. The maximum atomic E-state index is 13.9. The normalized spacial score (nSPS) is 10.2. The Hall–Kier alpha value is -1.56. The first kappa shape index (κ1) is 11.5. The van der Waals surface area contributed by atoms with Crippen LogP contribution in [0, 0.1) is 17.1 Å². The molecule has 0 bridgehead atoms. The Balaban J connectivity index is 3.41. The Morgan fingerprint density at radius 1 is 1.33 bits per heavy atom. The Labute approximate surface area is 89.9 Å². The Morgan fingerprint density at radius 2 is 1.93 bits per heavy atom. The standard InChI is InChI=1S/C12H15FN2/c1-8(2)9-5-6-11(15(3)4)10(7-14)12(9)13/h5-6,8H,1-4H3. The molecule has 0 unspecified atom stereocenters. The quantitative estimate of drug-likeness (QED) is 0.744. The summed E-state index contributed by atoms with van der Waals surface area (Å²) in [6.07, 6.45) is 0. The number of halogens is 1. The van der Waals surface area contributed by atoms with Crippen molar-refractivity contribution >= 4 is 5.69 Å². The van der Waals surface area contributed by atoms with Crippen molar-refractivity contribution in [2.24, 2.45) is 0 Å². The molecule has 15 heavy (non-hydrogen) atoms. The Morgan fingerprint density at radius 3 is 2.33 bits per heavy atom. The highest BCUT2D eigenvalue weighted by Gasteiger charge is 2.15. The molecular formula is C12H15FN2. The summed E-state index contributed by atoms with van der Waals surface area (Å²) in [6, 6.07) is 5.46. The second-order valence-electron chi connectivity index (χ2n) is 4.02. The molecule has 0 N–H and O–H groups in total. The van der Waals surface area contributed by atoms with E-state index in [-0.39, 0.29) is 11.5 Å². The van der Waals surface area contributed by atoms with E-state index in [4.69, 9.17) is 5.26 Å². The highest BCUT2D eigenvalue weighted by Crippen LogP contribution is 2.27. The van der Waals surface area contributed by atoms with Gasteiger partial charge >= 0.3 is 0 Å². The van der Waals surface area contributed by atoms with Crippen molar-refractivity contribution in [2.75, 3.05) is 19.0 Å². The summed E-state index contributed by atoms with van der Waals surface area (Å²) in [4.78, 5) is 1.74. The molecule has 0 aliphatic carbocycles. The minimum Gasteiger partial charge on any atom is -0.377 e. The molecule has 0 atom stereocenters. The van der Waals surface area contributed by atoms with E-state index >= 15 is 0 Å². The second-order valence-corrected chi connectivity index (χ2v) is 4.02. The largest absolute Gasteiger partial charge is 0.377 e. The zero-order valence-corrected chi connectivity index (χ0v) is 9.50. The van der Waals surface area contributed by atoms with E-state index in [0.29, 0.717) is 11.3 Å². The number of nitriles is 1. The van der Waals surface area contributed by atoms with Gasteiger partial charge in [0.05, 0.1) is 5.69 Å². The van der Waals surface area contributed by atoms with Gasteiger partial charge in [-0.2, -0.15) is 5.26 Å². The molecule has 1 aromatic rings. The third kappa shape index (κ3) is 2.10. The van der Waals surface area contributed by atoms with Gasteiger partial charge in [-0.05, 0) is 17.5 Å². The van der Waals surface area contributed by atoms with Crippen LogP contribution in [-0.4, -0.2) is 14.1 Å². The van der Waals surface area contributed by atoms with Gasteiger partial charge in [-0.15, -0.1) is 0 Å². The zero-order chi connectivity index (χ0) is 11.6. The van der Waals surface area contributed by atoms with Crippen LogP contribution in [0.4, 0.5) is 10.1 Å². The SMILES string of the molecule is CC(C)c1ccc(N(C)C)c(C#N)c1F. The van der Waals surface area contributed by atoms with Crippen molar-refractivity contribution in [3.05, 3.63) is 29.1 Å². The predicted octanol–water partition coefficient (Wildman–Crippen LogP) is 2.89. The first-order valence-corrected chi connectivity index (χ1v) is 4.88. The van der Waals surface area contributed by atoms with E-state index in [1.165, 1.54) is 0 Å². The van der Waals surface area contributed by atoms with Gasteiger partial charge in [0.25, 0.3) is 0 Å². The number of rotatable bonds is 2. The lowest BCUT2D eigenvalue weighted by molar-refractivity contribution is 0.594. The highest BCUT2D eigenvalue weighted by atomic mass is 19.1. The summed E-state index contributed by atoms with van der Waals surface area (Å²) in [7, 11) is 3.59. The highest BCUT2D eigenvalue weighted by molar-refractivity contribution is 5.60. The van der Waals surface area contributed by atoms with Gasteiger partial charge in [-0.1, -0.05) is 19.9 Å². The van der Waals surface area contributed by atoms with Crippen LogP contribution < -0.4 is 4.90 Å². The fourth-order valence-electron chi connectivity index (χ4n) is 1.51. The molecule has 0 spiro atoms. The van der Waals surface area contributed by atoms with Gasteiger partial charge < -0.3 is 4.90 Å². The van der Waals surface area contributed by atoms with Crippen molar-refractivity contribution in [3.63, 3.8) is 0 Å². The Kier molecular flexibility index (Phi) is 3.31. The maximum absolute atomic E-state index is 13.9. The van der Waals surface area contributed by atoms with E-state index < -0.39 is 5.82 Å². The van der Waals surface area contributed by atoms with E-state index in [1.807, 2.05) is 19.9 Å². The lowest BCUT2D eigenvalue weighted by Crippen LogP contribution is -2.12. The number of hydrogen-bond acceptors (Lipinski definition) is 2. The van der Waals surface area contributed by atoms with Crippen molar-refractivity contribution in [2.45, 2.75) is 19.8 Å². The summed E-state index contributed by atoms with van der Waals surface area (Å²) in [5, 5.41) is 8.94. The maximum Gasteiger partial charge on any atom is 0.146 e. The average molecular weight is 206 g/mol. The van der Waals surface area contributed by atoms with Crippen LogP contribution in [0.5, 0.6) is 0 Å². The van der Waals surface area contributed by atoms with Crippen LogP contribution in [0.15, 0.2) is 12.1 Å². The molecule has 0 heterocycles. The minimum absolute atomic E-state index is 0.0910. The van der Waals surface area contributed by atoms with Crippen molar-refractivity contribution in [1.29, 1.82) is 5.26 Å². The summed E-state index contributed by atoms with van der Waals surface area (Å²) in [5.41, 5.74) is 1.35. The zero-order valence-electron chi connectivity index (χ0n) is 9.50. The van der Waals surface area contributed by atoms with Crippen molar-refractivity contribution in [3.8, 4) is 6.07 Å². The predicted molar refractivity (Wildman–Crippen MR) is 59.5 cm³/mol. The number of nitrogens with zero attached hydrogens (tertiary/aromatic N) is 2. The van der Waals surface area contributed by atoms with Crippen molar-refractivity contribution < 1.29 is 4.39 Å². The van der Waals surface area contributed by atoms with E-state index in [2.05, 4.69) is 0 Å². The lowest BCUT2D eigenvalue weighted by Gasteiger charge is -2.17. The van der Waals surface area contributed by atoms with Crippen LogP contribution >= 0.6 is 0 Å². The lowest BCUT2D eigenvalue weighted by atomic mass is 9.99. The van der Waals surface area contributed by atoms with E-state index in [1.54, 1.807) is 31.1 Å². The molecule has 0 aromatic heterocycles. The summed E-state index contributed by atoms with van der Waals surface area (Å²) in [6.45, 7) is 3.82. The molecule has 1 aromatic carbocycles. The molecule has 0 saturated heterocycles. The van der Waals surface area contributed by atoms with Crippen LogP contribution in [0.3, 0.4) is 0 Å². The Bertz CT molecular complexity index is 403. The summed E-state index contributed by atoms with van der Waals surface area (Å²) in [5.74, 6) is -0.299. The fourth-order valence-corrected chi connectivity index (χ4v) is 1.51. The number of anilines is 1. The molecule has 1 rings (SSSR count). The van der Waals surface area contributed by atoms with Gasteiger partial charge in [0.1, 0.15) is 17.4 Å². The number of hydrogen-bond donors (Lipinski definition) is 0. The smallest absolute Gasteiger partial charge is 0.146 e. The minimum atomic E-state index is -0.390. The fraction of sp³-hybridized carbons (Fsp3) is 0.417. The molecule has 0 fully saturated rings. The number of benzene rings is 1. The summed E-state index contributed by atoms with van der Waals surface area (Å²) < 4.78 is 13.9. The molecule has 0 aliphatic heterocycles. The third-order valence-corrected chi connectivity index (χ3v) is 2.37. The van der Waals surface area contributed by atoms with E-state index in [0.717, 1.165) is 0 Å². The van der Waals surface area contributed by atoms with Crippen molar-refractivity contribution in [1.82, 2.24) is 0 Å². The van der Waals surface area contributed by atoms with Crippen LogP contribution in [0.2, 0.25) is 0 Å². The monoisotopic (exact) mass is 206 g/mol. The van der Waals surface area contributed by atoms with Crippen LogP contribution in [-0.2, 0) is 0 Å². The van der Waals surface area contributed by atoms with Gasteiger partial charge in [0.2, 0.25) is 0 Å². The average Bonchev–Trinajstić information content (AvgIpc) is 2.16. The molecule has 0 radical (unpaired) electrons. The third-order valence-electron chi connectivity index (χ3n) is 2.37. The van der Waals surface area contributed by atoms with E-state index in [9.17, 15) is 4.39 Å². The van der Waals surface area contributed by atoms with Gasteiger partial charge in [-0.25, -0.2) is 4.39 Å². The topological polar surface area (TPSA) is 27.0 Å². The molecule has 3 heteroatoms. The molecule has 0 aliphatic rings. The van der Waals surface area contributed by atoms with Gasteiger partial charge in [-0.3, -0.25) is 0 Å². The van der Waals surface area contributed by atoms with Crippen LogP contribution in [0.1, 0.15) is 30.9 Å². The van der Waals surface area contributed by atoms with Crippen LogP contribution in [0.25, 0.3) is 0 Å². The summed E-state index contributed by atoms with van der Waals surface area (Å²) >= 11 is 0. The molecule has 2 nitrogen and oxygen atoms in total. The molecule has 0 amide bonds. The second kappa shape index (κ2) is 4.31.